The molecule has 116 valence electrons. The van der Waals surface area contributed by atoms with E-state index in [-0.39, 0.29) is 13.0 Å². The first-order valence-corrected chi connectivity index (χ1v) is 6.36. The number of hydrogen-bond acceptors (Lipinski definition) is 5. The number of ether oxygens (including phenoxy) is 1. The van der Waals surface area contributed by atoms with E-state index in [0.29, 0.717) is 4.90 Å². The number of carbonyl (C=O) groups excluding carboxylic acids is 3. The molecule has 1 aliphatic rings. The zero-order valence-electron chi connectivity index (χ0n) is 12.1. The second-order valence-electron chi connectivity index (χ2n) is 5.45. The summed E-state index contributed by atoms with van der Waals surface area (Å²) >= 11 is 0. The van der Waals surface area contributed by atoms with Crippen LogP contribution in [0.3, 0.4) is 0 Å². The lowest BCUT2D eigenvalue weighted by Crippen LogP contribution is -2.46. The van der Waals surface area contributed by atoms with Gasteiger partial charge in [0.05, 0.1) is 0 Å². The summed E-state index contributed by atoms with van der Waals surface area (Å²) < 4.78 is 4.99. The van der Waals surface area contributed by atoms with Crippen molar-refractivity contribution in [1.29, 1.82) is 0 Å². The Labute approximate surface area is 121 Å². The highest BCUT2D eigenvalue weighted by molar-refractivity contribution is 6.14. The fraction of sp³-hybridized carbons (Fsp3) is 0.538. The molecule has 1 aliphatic heterocycles. The van der Waals surface area contributed by atoms with Gasteiger partial charge in [-0.15, -0.1) is 0 Å². The smallest absolute Gasteiger partial charge is 0.407 e. The van der Waals surface area contributed by atoms with Crippen LogP contribution in [-0.4, -0.2) is 52.1 Å². The maximum absolute atomic E-state index is 11.5. The Morgan fingerprint density at radius 2 is 1.81 bits per heavy atom. The summed E-state index contributed by atoms with van der Waals surface area (Å²) in [4.78, 5) is 46.2. The van der Waals surface area contributed by atoms with Gasteiger partial charge in [0.15, 0.2) is 0 Å². The van der Waals surface area contributed by atoms with Gasteiger partial charge in [-0.2, -0.15) is 0 Å². The number of carbonyl (C=O) groups is 4. The molecule has 1 unspecified atom stereocenters. The minimum absolute atomic E-state index is 0.0387. The number of carboxylic acid groups (broad SMARTS) is 1. The van der Waals surface area contributed by atoms with Gasteiger partial charge in [-0.3, -0.25) is 14.5 Å². The van der Waals surface area contributed by atoms with Gasteiger partial charge < -0.3 is 15.2 Å². The average molecular weight is 298 g/mol. The summed E-state index contributed by atoms with van der Waals surface area (Å²) in [7, 11) is 0. The molecule has 0 aliphatic carbocycles. The SMILES string of the molecule is CC(C)(C)OC(=O)NCCC(C(=O)O)N1C(=O)C=CC1=O. The van der Waals surface area contributed by atoms with Crippen LogP contribution in [0.15, 0.2) is 12.2 Å². The van der Waals surface area contributed by atoms with Crippen molar-refractivity contribution in [2.75, 3.05) is 6.54 Å². The van der Waals surface area contributed by atoms with Crippen molar-refractivity contribution < 1.29 is 29.0 Å². The number of alkyl carbamates (subject to hydrolysis) is 1. The summed E-state index contributed by atoms with van der Waals surface area (Å²) in [6, 6.07) is -1.32. The number of aliphatic carboxylic acids is 1. The monoisotopic (exact) mass is 298 g/mol. The molecule has 0 saturated carbocycles. The quantitative estimate of drug-likeness (QED) is 0.705. The van der Waals surface area contributed by atoms with Gasteiger partial charge in [0, 0.05) is 18.7 Å². The average Bonchev–Trinajstić information content (AvgIpc) is 2.62. The van der Waals surface area contributed by atoms with Crippen LogP contribution in [0, 0.1) is 0 Å². The molecule has 1 heterocycles. The van der Waals surface area contributed by atoms with Crippen LogP contribution in [-0.2, 0) is 19.1 Å². The van der Waals surface area contributed by atoms with E-state index in [4.69, 9.17) is 9.84 Å². The fourth-order valence-electron chi connectivity index (χ4n) is 1.71. The van der Waals surface area contributed by atoms with Crippen molar-refractivity contribution >= 4 is 23.9 Å². The van der Waals surface area contributed by atoms with E-state index in [1.165, 1.54) is 0 Å². The molecule has 0 radical (unpaired) electrons. The zero-order valence-corrected chi connectivity index (χ0v) is 12.1. The maximum Gasteiger partial charge on any atom is 0.407 e. The second kappa shape index (κ2) is 6.38. The van der Waals surface area contributed by atoms with E-state index >= 15 is 0 Å². The molecular formula is C13H18N2O6. The summed E-state index contributed by atoms with van der Waals surface area (Å²) in [5.41, 5.74) is -0.666. The lowest BCUT2D eigenvalue weighted by Gasteiger charge is -2.23. The summed E-state index contributed by atoms with van der Waals surface area (Å²) in [5.74, 6) is -2.67. The molecular weight excluding hydrogens is 280 g/mol. The van der Waals surface area contributed by atoms with E-state index in [1.807, 2.05) is 0 Å². The molecule has 0 saturated heterocycles. The predicted molar refractivity (Wildman–Crippen MR) is 71.3 cm³/mol. The number of amides is 3. The Kier molecular flexibility index (Phi) is 5.07. The van der Waals surface area contributed by atoms with Gasteiger partial charge in [0.1, 0.15) is 11.6 Å². The van der Waals surface area contributed by atoms with E-state index < -0.39 is 35.5 Å². The van der Waals surface area contributed by atoms with Crippen LogP contribution in [0.25, 0.3) is 0 Å². The first kappa shape index (κ1) is 16.7. The maximum atomic E-state index is 11.5. The number of hydrogen-bond donors (Lipinski definition) is 2. The molecule has 0 aromatic rings. The van der Waals surface area contributed by atoms with Gasteiger partial charge in [0.2, 0.25) is 0 Å². The molecule has 8 nitrogen and oxygen atoms in total. The van der Waals surface area contributed by atoms with E-state index in [0.717, 1.165) is 12.2 Å². The van der Waals surface area contributed by atoms with Crippen LogP contribution < -0.4 is 5.32 Å². The number of nitrogens with one attached hydrogen (secondary N) is 1. The standard InChI is InChI=1S/C13H18N2O6/c1-13(2,3)21-12(20)14-7-6-8(11(18)19)15-9(16)4-5-10(15)17/h4-5,8H,6-7H2,1-3H3,(H,14,20)(H,18,19). The van der Waals surface area contributed by atoms with Crippen molar-refractivity contribution in [2.24, 2.45) is 0 Å². The van der Waals surface area contributed by atoms with Gasteiger partial charge in [-0.25, -0.2) is 9.59 Å². The van der Waals surface area contributed by atoms with Crippen molar-refractivity contribution in [3.8, 4) is 0 Å². The molecule has 0 fully saturated rings. The van der Waals surface area contributed by atoms with Gasteiger partial charge in [-0.1, -0.05) is 0 Å². The third kappa shape index (κ3) is 4.90. The highest BCUT2D eigenvalue weighted by atomic mass is 16.6. The molecule has 8 heteroatoms. The van der Waals surface area contributed by atoms with Crippen molar-refractivity contribution in [2.45, 2.75) is 38.8 Å². The molecule has 0 aromatic carbocycles. The summed E-state index contributed by atoms with van der Waals surface area (Å²) in [5, 5.41) is 11.5. The largest absolute Gasteiger partial charge is 0.480 e. The van der Waals surface area contributed by atoms with Crippen LogP contribution in [0.2, 0.25) is 0 Å². The molecule has 1 atom stereocenters. The lowest BCUT2D eigenvalue weighted by molar-refractivity contribution is -0.153. The minimum atomic E-state index is -1.32. The van der Waals surface area contributed by atoms with Crippen LogP contribution in [0.1, 0.15) is 27.2 Å². The van der Waals surface area contributed by atoms with Gasteiger partial charge >= 0.3 is 12.1 Å². The van der Waals surface area contributed by atoms with E-state index in [9.17, 15) is 19.2 Å². The molecule has 3 amide bonds. The third-order valence-corrected chi connectivity index (χ3v) is 2.53. The second-order valence-corrected chi connectivity index (χ2v) is 5.45. The van der Waals surface area contributed by atoms with Crippen molar-refractivity contribution in [3.05, 3.63) is 12.2 Å². The molecule has 0 spiro atoms. The number of imide groups is 1. The Bertz CT molecular complexity index is 473. The predicted octanol–water partition coefficient (Wildman–Crippen LogP) is 0.279. The molecule has 0 aromatic heterocycles. The molecule has 21 heavy (non-hydrogen) atoms. The first-order valence-electron chi connectivity index (χ1n) is 6.36. The Balaban J connectivity index is 2.54. The topological polar surface area (TPSA) is 113 Å². The molecule has 1 rings (SSSR count). The fourth-order valence-corrected chi connectivity index (χ4v) is 1.71. The van der Waals surface area contributed by atoms with Crippen LogP contribution in [0.5, 0.6) is 0 Å². The normalized spacial score (nSPS) is 16.0. The van der Waals surface area contributed by atoms with E-state index in [2.05, 4.69) is 5.32 Å². The van der Waals surface area contributed by atoms with E-state index in [1.54, 1.807) is 20.8 Å². The Morgan fingerprint density at radius 3 is 2.24 bits per heavy atom. The highest BCUT2D eigenvalue weighted by Gasteiger charge is 2.35. The summed E-state index contributed by atoms with van der Waals surface area (Å²) in [6.45, 7) is 5.04. The number of nitrogens with zero attached hydrogens (tertiary/aromatic N) is 1. The number of rotatable bonds is 5. The van der Waals surface area contributed by atoms with Crippen LogP contribution in [0.4, 0.5) is 4.79 Å². The van der Waals surface area contributed by atoms with Crippen molar-refractivity contribution in [1.82, 2.24) is 10.2 Å². The van der Waals surface area contributed by atoms with Gasteiger partial charge in [-0.05, 0) is 27.2 Å². The molecule has 2 N–H and O–H groups in total. The Hall–Kier alpha value is -2.38. The van der Waals surface area contributed by atoms with Crippen LogP contribution >= 0.6 is 0 Å². The van der Waals surface area contributed by atoms with Crippen molar-refractivity contribution in [3.63, 3.8) is 0 Å². The minimum Gasteiger partial charge on any atom is -0.480 e. The third-order valence-electron chi connectivity index (χ3n) is 2.53. The number of carboxylic acids is 1. The lowest BCUT2D eigenvalue weighted by atomic mass is 10.1. The van der Waals surface area contributed by atoms with Gasteiger partial charge in [0.25, 0.3) is 11.8 Å². The summed E-state index contributed by atoms with van der Waals surface area (Å²) in [6.07, 6.45) is 1.23. The zero-order chi connectivity index (χ0) is 16.2. The first-order chi connectivity index (χ1) is 9.61. The molecule has 0 bridgehead atoms. The Morgan fingerprint density at radius 1 is 1.29 bits per heavy atom. The highest BCUT2D eigenvalue weighted by Crippen LogP contribution is 2.12.